The summed E-state index contributed by atoms with van der Waals surface area (Å²) in [5.41, 5.74) is 3.33. The zero-order valence-electron chi connectivity index (χ0n) is 23.3. The Bertz CT molecular complexity index is 1500. The third-order valence-electron chi connectivity index (χ3n) is 6.85. The molecule has 224 valence electrons. The number of halogens is 3. The van der Waals surface area contributed by atoms with Gasteiger partial charge in [0.15, 0.2) is 0 Å². The maximum absolute atomic E-state index is 12.3. The van der Waals surface area contributed by atoms with Crippen molar-refractivity contribution in [3.63, 3.8) is 0 Å². The SMILES string of the molecule is CCOC(=O)c1ccc2c(c1)[nH]c1nc(Cc3ccccc3)nc(NCCCN3CCCCC3)c12.O=C(O)C(F)(F)F. The van der Waals surface area contributed by atoms with E-state index in [0.717, 1.165) is 53.1 Å². The van der Waals surface area contributed by atoms with E-state index < -0.39 is 12.1 Å². The molecule has 42 heavy (non-hydrogen) atoms. The van der Waals surface area contributed by atoms with Crippen LogP contribution in [-0.2, 0) is 16.0 Å². The van der Waals surface area contributed by atoms with Gasteiger partial charge in [0.1, 0.15) is 17.3 Å². The summed E-state index contributed by atoms with van der Waals surface area (Å²) in [7, 11) is 0. The molecular formula is C30H34F3N5O4. The number of carbonyl (C=O) groups excluding carboxylic acids is 1. The van der Waals surface area contributed by atoms with Gasteiger partial charge in [-0.05, 0) is 63.5 Å². The van der Waals surface area contributed by atoms with Gasteiger partial charge in [-0.3, -0.25) is 0 Å². The number of nitrogens with zero attached hydrogens (tertiary/aromatic N) is 3. The molecule has 1 saturated heterocycles. The van der Waals surface area contributed by atoms with Crippen LogP contribution >= 0.6 is 0 Å². The third kappa shape index (κ3) is 8.19. The molecule has 1 aliphatic heterocycles. The molecule has 2 aromatic carbocycles. The van der Waals surface area contributed by atoms with Crippen LogP contribution in [0.15, 0.2) is 48.5 Å². The molecule has 0 saturated carbocycles. The molecule has 5 rings (SSSR count). The van der Waals surface area contributed by atoms with E-state index in [1.165, 1.54) is 37.9 Å². The fourth-order valence-corrected chi connectivity index (χ4v) is 4.87. The smallest absolute Gasteiger partial charge is 0.475 e. The summed E-state index contributed by atoms with van der Waals surface area (Å²) in [4.78, 5) is 36.9. The lowest BCUT2D eigenvalue weighted by Crippen LogP contribution is -2.31. The van der Waals surface area contributed by atoms with E-state index in [2.05, 4.69) is 27.3 Å². The molecule has 0 bridgehead atoms. The van der Waals surface area contributed by atoms with Crippen LogP contribution in [0.1, 0.15) is 54.4 Å². The molecule has 0 radical (unpaired) electrons. The maximum Gasteiger partial charge on any atom is 0.490 e. The van der Waals surface area contributed by atoms with Crippen LogP contribution in [0.5, 0.6) is 0 Å². The predicted molar refractivity (Wildman–Crippen MR) is 154 cm³/mol. The van der Waals surface area contributed by atoms with Crippen molar-refractivity contribution in [2.75, 3.05) is 38.1 Å². The third-order valence-corrected chi connectivity index (χ3v) is 6.85. The number of fused-ring (bicyclic) bond motifs is 3. The molecule has 1 fully saturated rings. The van der Waals surface area contributed by atoms with E-state index in [9.17, 15) is 18.0 Å². The number of benzene rings is 2. The van der Waals surface area contributed by atoms with Crippen LogP contribution in [-0.4, -0.2) is 75.9 Å². The van der Waals surface area contributed by atoms with Crippen molar-refractivity contribution in [1.82, 2.24) is 19.9 Å². The van der Waals surface area contributed by atoms with Gasteiger partial charge in [0, 0.05) is 23.9 Å². The zero-order valence-corrected chi connectivity index (χ0v) is 23.3. The number of esters is 1. The van der Waals surface area contributed by atoms with Gasteiger partial charge < -0.3 is 25.0 Å². The molecule has 9 nitrogen and oxygen atoms in total. The Balaban J connectivity index is 0.000000517. The average molecular weight is 586 g/mol. The van der Waals surface area contributed by atoms with E-state index in [0.29, 0.717) is 18.6 Å². The fourth-order valence-electron chi connectivity index (χ4n) is 4.87. The number of aromatic nitrogens is 3. The number of aliphatic carboxylic acids is 1. The summed E-state index contributed by atoms with van der Waals surface area (Å²) < 4.78 is 36.9. The number of hydrogen-bond donors (Lipinski definition) is 3. The van der Waals surface area contributed by atoms with Crippen LogP contribution in [0, 0.1) is 0 Å². The molecule has 0 spiro atoms. The Morgan fingerprint density at radius 1 is 1.07 bits per heavy atom. The first-order chi connectivity index (χ1) is 20.2. The highest BCUT2D eigenvalue weighted by molar-refractivity contribution is 6.12. The minimum atomic E-state index is -5.08. The van der Waals surface area contributed by atoms with Crippen LogP contribution in [0.25, 0.3) is 21.9 Å². The lowest BCUT2D eigenvalue weighted by molar-refractivity contribution is -0.192. The quantitative estimate of drug-likeness (QED) is 0.167. The van der Waals surface area contributed by atoms with Crippen molar-refractivity contribution in [3.8, 4) is 0 Å². The molecule has 0 amide bonds. The summed E-state index contributed by atoms with van der Waals surface area (Å²) in [6.07, 6.45) is 0.617. The Morgan fingerprint density at radius 3 is 2.45 bits per heavy atom. The highest BCUT2D eigenvalue weighted by Crippen LogP contribution is 2.31. The Kier molecular flexibility index (Phi) is 10.3. The molecule has 3 N–H and O–H groups in total. The predicted octanol–water partition coefficient (Wildman–Crippen LogP) is 5.80. The highest BCUT2D eigenvalue weighted by atomic mass is 19.4. The molecular weight excluding hydrogens is 551 g/mol. The molecule has 4 aromatic rings. The second-order valence-corrected chi connectivity index (χ2v) is 9.97. The number of nitrogens with one attached hydrogen (secondary N) is 2. The minimum Gasteiger partial charge on any atom is -0.475 e. The molecule has 3 heterocycles. The summed E-state index contributed by atoms with van der Waals surface area (Å²) in [6.45, 7) is 6.54. The number of aromatic amines is 1. The van der Waals surface area contributed by atoms with Gasteiger partial charge in [-0.1, -0.05) is 42.8 Å². The zero-order chi connectivity index (χ0) is 30.1. The first-order valence-corrected chi connectivity index (χ1v) is 14.0. The lowest BCUT2D eigenvalue weighted by Gasteiger charge is -2.26. The number of carbonyl (C=O) groups is 2. The first kappa shape index (κ1) is 30.8. The monoisotopic (exact) mass is 585 g/mol. The number of likely N-dealkylation sites (tertiary alicyclic amines) is 1. The molecule has 0 unspecified atom stereocenters. The maximum atomic E-state index is 12.3. The number of H-pyrrole nitrogens is 1. The Hall–Kier alpha value is -4.19. The van der Waals surface area contributed by atoms with Crippen molar-refractivity contribution in [2.24, 2.45) is 0 Å². The minimum absolute atomic E-state index is 0.319. The van der Waals surface area contributed by atoms with Crippen molar-refractivity contribution in [3.05, 3.63) is 65.5 Å². The second kappa shape index (κ2) is 14.1. The summed E-state index contributed by atoms with van der Waals surface area (Å²) >= 11 is 0. The topological polar surface area (TPSA) is 120 Å². The van der Waals surface area contributed by atoms with E-state index in [1.54, 1.807) is 0 Å². The van der Waals surface area contributed by atoms with Gasteiger partial charge in [0.25, 0.3) is 0 Å². The van der Waals surface area contributed by atoms with Gasteiger partial charge >= 0.3 is 18.1 Å². The number of rotatable bonds is 9. The van der Waals surface area contributed by atoms with Crippen LogP contribution in [0.4, 0.5) is 19.0 Å². The van der Waals surface area contributed by atoms with Crippen LogP contribution in [0.2, 0.25) is 0 Å². The number of carboxylic acid groups (broad SMARTS) is 1. The normalized spacial score (nSPS) is 13.9. The lowest BCUT2D eigenvalue weighted by atomic mass is 10.1. The number of ether oxygens (including phenoxy) is 1. The van der Waals surface area contributed by atoms with Crippen molar-refractivity contribution < 1.29 is 32.6 Å². The highest BCUT2D eigenvalue weighted by Gasteiger charge is 2.38. The Labute approximate surface area is 241 Å². The van der Waals surface area contributed by atoms with E-state index in [1.807, 2.05) is 43.3 Å². The number of anilines is 1. The molecule has 1 aliphatic rings. The number of hydrogen-bond acceptors (Lipinski definition) is 7. The van der Waals surface area contributed by atoms with Gasteiger partial charge in [-0.2, -0.15) is 13.2 Å². The largest absolute Gasteiger partial charge is 0.490 e. The molecule has 2 aromatic heterocycles. The van der Waals surface area contributed by atoms with Crippen LogP contribution in [0.3, 0.4) is 0 Å². The fraction of sp³-hybridized carbons (Fsp3) is 0.400. The number of carboxylic acids is 1. The van der Waals surface area contributed by atoms with E-state index >= 15 is 0 Å². The number of alkyl halides is 3. The van der Waals surface area contributed by atoms with Crippen molar-refractivity contribution in [2.45, 2.75) is 45.2 Å². The van der Waals surface area contributed by atoms with Crippen molar-refractivity contribution in [1.29, 1.82) is 0 Å². The molecule has 0 atom stereocenters. The first-order valence-electron chi connectivity index (χ1n) is 14.0. The standard InChI is InChI=1S/C28H33N5O2.C2HF3O2/c1-2-35-28(34)21-12-13-22-23(19-21)30-27-25(22)26(29-14-9-17-33-15-7-4-8-16-33)31-24(32-27)18-20-10-5-3-6-11-20;3-2(4,5)1(6)7/h3,5-6,10-13,19H,2,4,7-9,14-18H2,1H3,(H2,29,30,31,32);(H,6,7). The Morgan fingerprint density at radius 2 is 1.79 bits per heavy atom. The number of piperidine rings is 1. The summed E-state index contributed by atoms with van der Waals surface area (Å²) in [5, 5.41) is 12.7. The molecule has 12 heteroatoms. The molecule has 0 aliphatic carbocycles. The second-order valence-electron chi connectivity index (χ2n) is 9.97. The van der Waals surface area contributed by atoms with Crippen molar-refractivity contribution >= 4 is 39.7 Å². The summed E-state index contributed by atoms with van der Waals surface area (Å²) in [5.74, 6) is -1.47. The van der Waals surface area contributed by atoms with Gasteiger partial charge in [0.2, 0.25) is 0 Å². The van der Waals surface area contributed by atoms with E-state index in [-0.39, 0.29) is 5.97 Å². The average Bonchev–Trinajstić information content (AvgIpc) is 3.34. The summed E-state index contributed by atoms with van der Waals surface area (Å²) in [6, 6.07) is 15.9. The van der Waals surface area contributed by atoms with Gasteiger partial charge in [-0.15, -0.1) is 0 Å². The van der Waals surface area contributed by atoms with Gasteiger partial charge in [0.05, 0.1) is 17.6 Å². The van der Waals surface area contributed by atoms with Crippen LogP contribution < -0.4 is 5.32 Å². The van der Waals surface area contributed by atoms with Gasteiger partial charge in [-0.25, -0.2) is 19.6 Å². The van der Waals surface area contributed by atoms with E-state index in [4.69, 9.17) is 24.6 Å².